The third kappa shape index (κ3) is 5.48. The maximum Gasteiger partial charge on any atom is 0.312 e. The van der Waals surface area contributed by atoms with E-state index in [4.69, 9.17) is 17.2 Å². The quantitative estimate of drug-likeness (QED) is 0.388. The second kappa shape index (κ2) is 4.96. The summed E-state index contributed by atoms with van der Waals surface area (Å²) in [6, 6.07) is -1.81. The summed E-state index contributed by atoms with van der Waals surface area (Å²) < 4.78 is 0. The van der Waals surface area contributed by atoms with Crippen LogP contribution in [0, 0.1) is 0 Å². The summed E-state index contributed by atoms with van der Waals surface area (Å²) in [6.07, 6.45) is 0.0293. The Morgan fingerprint density at radius 1 is 1.15 bits per heavy atom. The molecule has 0 rings (SSSR count). The fraction of sp³-hybridized carbons (Fsp3) is 0.500. The van der Waals surface area contributed by atoms with E-state index >= 15 is 0 Å². The van der Waals surface area contributed by atoms with Crippen molar-refractivity contribution in [1.82, 2.24) is 5.32 Å². The van der Waals surface area contributed by atoms with Gasteiger partial charge in [-0.05, 0) is 6.42 Å². The van der Waals surface area contributed by atoms with E-state index in [1.165, 1.54) is 0 Å². The first-order valence-electron chi connectivity index (χ1n) is 3.57. The lowest BCUT2D eigenvalue weighted by Gasteiger charge is -2.11. The lowest BCUT2D eigenvalue weighted by molar-refractivity contribution is -0.120. The van der Waals surface area contributed by atoms with Crippen LogP contribution in [-0.4, -0.2) is 23.9 Å². The number of nitrogens with one attached hydrogen (secondary N) is 1. The van der Waals surface area contributed by atoms with Crippen molar-refractivity contribution in [2.75, 3.05) is 0 Å². The molecule has 0 saturated heterocycles. The zero-order valence-electron chi connectivity index (χ0n) is 6.95. The number of rotatable bonds is 5. The highest BCUT2D eigenvalue weighted by Crippen LogP contribution is 1.95. The Hall–Kier alpha value is -1.79. The molecule has 0 heterocycles. The molecule has 0 aromatic heterocycles. The lowest BCUT2D eigenvalue weighted by Crippen LogP contribution is -2.47. The lowest BCUT2D eigenvalue weighted by atomic mass is 10.1. The minimum absolute atomic E-state index is 0.0338. The van der Waals surface area contributed by atoms with Gasteiger partial charge in [-0.1, -0.05) is 0 Å². The maximum atomic E-state index is 10.6. The van der Waals surface area contributed by atoms with Gasteiger partial charge >= 0.3 is 6.03 Å². The molecule has 0 spiro atoms. The fourth-order valence-electron chi connectivity index (χ4n) is 0.744. The number of amides is 4. The monoisotopic (exact) mass is 188 g/mol. The highest BCUT2D eigenvalue weighted by Gasteiger charge is 2.16. The van der Waals surface area contributed by atoms with Crippen molar-refractivity contribution >= 4 is 17.8 Å². The summed E-state index contributed by atoms with van der Waals surface area (Å²) in [7, 11) is 0. The first-order chi connectivity index (χ1) is 5.93. The molecule has 0 aromatic rings. The van der Waals surface area contributed by atoms with Crippen molar-refractivity contribution < 1.29 is 14.4 Å². The third-order valence-electron chi connectivity index (χ3n) is 1.34. The van der Waals surface area contributed by atoms with Crippen LogP contribution in [0.15, 0.2) is 0 Å². The highest BCUT2D eigenvalue weighted by molar-refractivity contribution is 5.86. The van der Waals surface area contributed by atoms with Gasteiger partial charge < -0.3 is 22.5 Å². The number of carbonyl (C=O) groups is 3. The van der Waals surface area contributed by atoms with E-state index in [0.29, 0.717) is 0 Å². The van der Waals surface area contributed by atoms with Crippen LogP contribution in [0.5, 0.6) is 0 Å². The van der Waals surface area contributed by atoms with Gasteiger partial charge in [0.1, 0.15) is 6.04 Å². The van der Waals surface area contributed by atoms with Crippen LogP contribution in [0.2, 0.25) is 0 Å². The standard InChI is InChI=1S/C6H12N4O3/c7-4(11)2-1-3(5(8)12)10-6(9)13/h3H,1-2H2,(H2,7,11)(H2,8,12)(H3,9,10,13)/t3-/m0/s1. The normalized spacial score (nSPS) is 11.7. The van der Waals surface area contributed by atoms with Gasteiger partial charge in [0.15, 0.2) is 0 Å². The summed E-state index contributed by atoms with van der Waals surface area (Å²) in [5, 5.41) is 2.09. The molecule has 4 amide bonds. The molecule has 13 heavy (non-hydrogen) atoms. The number of urea groups is 1. The molecule has 7 nitrogen and oxygen atoms in total. The van der Waals surface area contributed by atoms with Crippen molar-refractivity contribution in [3.05, 3.63) is 0 Å². The molecule has 0 radical (unpaired) electrons. The molecule has 0 bridgehead atoms. The maximum absolute atomic E-state index is 10.6. The first-order valence-corrected chi connectivity index (χ1v) is 3.57. The van der Waals surface area contributed by atoms with Crippen molar-refractivity contribution in [2.24, 2.45) is 17.2 Å². The number of nitrogens with two attached hydrogens (primary N) is 3. The molecule has 0 unspecified atom stereocenters. The van der Waals surface area contributed by atoms with Crippen molar-refractivity contribution in [3.8, 4) is 0 Å². The van der Waals surface area contributed by atoms with E-state index < -0.39 is 23.9 Å². The molecule has 0 aliphatic rings. The summed E-state index contributed by atoms with van der Waals surface area (Å²) in [6.45, 7) is 0. The van der Waals surface area contributed by atoms with Crippen LogP contribution in [0.4, 0.5) is 4.79 Å². The van der Waals surface area contributed by atoms with Crippen LogP contribution < -0.4 is 22.5 Å². The highest BCUT2D eigenvalue weighted by atomic mass is 16.2. The molecular formula is C6H12N4O3. The van der Waals surface area contributed by atoms with Crippen LogP contribution in [-0.2, 0) is 9.59 Å². The third-order valence-corrected chi connectivity index (χ3v) is 1.34. The predicted molar refractivity (Wildman–Crippen MR) is 44.1 cm³/mol. The van der Waals surface area contributed by atoms with Gasteiger partial charge in [0.2, 0.25) is 11.8 Å². The summed E-state index contributed by atoms with van der Waals surface area (Å²) in [5.41, 5.74) is 14.5. The molecule has 0 aromatic carbocycles. The predicted octanol–water partition coefficient (Wildman–Crippen LogP) is -2.23. The number of hydrogen-bond donors (Lipinski definition) is 4. The van der Waals surface area contributed by atoms with Crippen LogP contribution >= 0.6 is 0 Å². The second-order valence-electron chi connectivity index (χ2n) is 2.47. The van der Waals surface area contributed by atoms with Gasteiger partial charge in [-0.2, -0.15) is 0 Å². The molecule has 0 aliphatic heterocycles. The van der Waals surface area contributed by atoms with Gasteiger partial charge in [0.25, 0.3) is 0 Å². The second-order valence-corrected chi connectivity index (χ2v) is 2.47. The average molecular weight is 188 g/mol. The topological polar surface area (TPSA) is 141 Å². The fourth-order valence-corrected chi connectivity index (χ4v) is 0.744. The van der Waals surface area contributed by atoms with E-state index in [1.54, 1.807) is 0 Å². The van der Waals surface area contributed by atoms with Crippen LogP contribution in [0.1, 0.15) is 12.8 Å². The molecule has 0 fully saturated rings. The van der Waals surface area contributed by atoms with Gasteiger partial charge in [0.05, 0.1) is 0 Å². The van der Waals surface area contributed by atoms with Crippen molar-refractivity contribution in [1.29, 1.82) is 0 Å². The van der Waals surface area contributed by atoms with Gasteiger partial charge in [0, 0.05) is 6.42 Å². The minimum Gasteiger partial charge on any atom is -0.370 e. The zero-order valence-corrected chi connectivity index (χ0v) is 6.95. The SMILES string of the molecule is NC(=O)CC[C@H](NC(N)=O)C(N)=O. The van der Waals surface area contributed by atoms with E-state index in [1.807, 2.05) is 0 Å². The van der Waals surface area contributed by atoms with Gasteiger partial charge in [-0.15, -0.1) is 0 Å². The van der Waals surface area contributed by atoms with Crippen LogP contribution in [0.3, 0.4) is 0 Å². The largest absolute Gasteiger partial charge is 0.370 e. The Morgan fingerprint density at radius 3 is 2.00 bits per heavy atom. The summed E-state index contributed by atoms with van der Waals surface area (Å²) in [5.74, 6) is -1.32. The Bertz CT molecular complexity index is 228. The number of primary amides is 3. The summed E-state index contributed by atoms with van der Waals surface area (Å²) >= 11 is 0. The van der Waals surface area contributed by atoms with E-state index in [2.05, 4.69) is 5.32 Å². The minimum atomic E-state index is -0.940. The molecule has 0 saturated carbocycles. The van der Waals surface area contributed by atoms with E-state index in [-0.39, 0.29) is 12.8 Å². The summed E-state index contributed by atoms with van der Waals surface area (Å²) in [4.78, 5) is 31.3. The molecule has 1 atom stereocenters. The van der Waals surface area contributed by atoms with Crippen molar-refractivity contribution in [2.45, 2.75) is 18.9 Å². The van der Waals surface area contributed by atoms with E-state index in [9.17, 15) is 14.4 Å². The Balaban J connectivity index is 4.02. The van der Waals surface area contributed by atoms with Gasteiger partial charge in [-0.25, -0.2) is 4.79 Å². The van der Waals surface area contributed by atoms with Crippen LogP contribution in [0.25, 0.3) is 0 Å². The average Bonchev–Trinajstić information content (AvgIpc) is 1.96. The Morgan fingerprint density at radius 2 is 1.69 bits per heavy atom. The van der Waals surface area contributed by atoms with Gasteiger partial charge in [-0.3, -0.25) is 9.59 Å². The molecule has 0 aliphatic carbocycles. The smallest absolute Gasteiger partial charge is 0.312 e. The number of carbonyl (C=O) groups excluding carboxylic acids is 3. The first kappa shape index (κ1) is 11.2. The Kier molecular flexibility index (Phi) is 4.28. The van der Waals surface area contributed by atoms with E-state index in [0.717, 1.165) is 0 Å². The zero-order chi connectivity index (χ0) is 10.4. The molecule has 7 N–H and O–H groups in total. The molecular weight excluding hydrogens is 176 g/mol. The molecule has 7 heteroatoms. The van der Waals surface area contributed by atoms with Crippen molar-refractivity contribution in [3.63, 3.8) is 0 Å². The molecule has 74 valence electrons. The number of hydrogen-bond acceptors (Lipinski definition) is 3. The Labute approximate surface area is 74.6 Å².